The minimum atomic E-state index is -4.86. The van der Waals surface area contributed by atoms with Crippen molar-refractivity contribution in [1.82, 2.24) is 19.7 Å². The van der Waals surface area contributed by atoms with Crippen molar-refractivity contribution in [3.05, 3.63) is 96.4 Å². The van der Waals surface area contributed by atoms with Crippen molar-refractivity contribution in [2.75, 3.05) is 10.5 Å². The lowest BCUT2D eigenvalue weighted by atomic mass is 10.1. The lowest BCUT2D eigenvalue weighted by molar-refractivity contribution is 0.195. The maximum absolute atomic E-state index is 15.8. The van der Waals surface area contributed by atoms with E-state index in [4.69, 9.17) is 5.73 Å². The van der Waals surface area contributed by atoms with Crippen LogP contribution >= 0.6 is 0 Å². The molecule has 0 aliphatic rings. The molecule has 5 aromatic rings. The Labute approximate surface area is 214 Å². The van der Waals surface area contributed by atoms with E-state index >= 15 is 4.39 Å². The van der Waals surface area contributed by atoms with Gasteiger partial charge in [-0.15, -0.1) is 0 Å². The van der Waals surface area contributed by atoms with Gasteiger partial charge in [0.25, 0.3) is 10.0 Å². The number of aromatic nitrogens is 4. The van der Waals surface area contributed by atoms with Crippen molar-refractivity contribution >= 4 is 21.7 Å². The third kappa shape index (κ3) is 4.39. The van der Waals surface area contributed by atoms with Gasteiger partial charge >= 0.3 is 0 Å². The van der Waals surface area contributed by atoms with E-state index in [9.17, 15) is 22.4 Å². The van der Waals surface area contributed by atoms with Crippen molar-refractivity contribution in [2.45, 2.75) is 4.90 Å². The number of anilines is 2. The zero-order valence-electron chi connectivity index (χ0n) is 19.2. The molecule has 0 radical (unpaired) electrons. The van der Waals surface area contributed by atoms with Crippen LogP contribution in [0.25, 0.3) is 34.0 Å². The number of benzene rings is 3. The first-order valence-electron chi connectivity index (χ1n) is 10.9. The molecule has 3 aromatic carbocycles. The van der Waals surface area contributed by atoms with Crippen LogP contribution in [0.15, 0.2) is 83.9 Å². The van der Waals surface area contributed by atoms with Crippen LogP contribution in [0.5, 0.6) is 0 Å². The van der Waals surface area contributed by atoms with E-state index in [1.165, 1.54) is 24.4 Å². The van der Waals surface area contributed by atoms with Gasteiger partial charge in [0.15, 0.2) is 16.5 Å². The Morgan fingerprint density at radius 3 is 2.24 bits per heavy atom. The Hall–Kier alpha value is -4.91. The standard InChI is InChI=1S/C25H17F3N6O3S/c26-16-9-5-10-17(27)23(16)38(36,37)33-18-11-4-8-15(20(18)28)21-22(19-12-13-30-25(29)31-19)34(35)24(32-21)14-6-2-1-3-7-14/h1-13,33,35H,(H2,29,30,31). The first-order chi connectivity index (χ1) is 18.2. The zero-order valence-corrected chi connectivity index (χ0v) is 20.0. The maximum atomic E-state index is 15.8. The zero-order chi connectivity index (χ0) is 27.0. The number of rotatable bonds is 6. The molecule has 9 nitrogen and oxygen atoms in total. The van der Waals surface area contributed by atoms with Gasteiger partial charge in [0.1, 0.15) is 23.0 Å². The largest absolute Gasteiger partial charge is 0.426 e. The molecule has 0 bridgehead atoms. The van der Waals surface area contributed by atoms with Crippen molar-refractivity contribution in [1.29, 1.82) is 0 Å². The fourth-order valence-electron chi connectivity index (χ4n) is 3.84. The smallest absolute Gasteiger partial charge is 0.267 e. The summed E-state index contributed by atoms with van der Waals surface area (Å²) in [5.74, 6) is -3.89. The van der Waals surface area contributed by atoms with Crippen LogP contribution < -0.4 is 10.5 Å². The molecule has 192 valence electrons. The molecular weight excluding hydrogens is 521 g/mol. The summed E-state index contributed by atoms with van der Waals surface area (Å²) >= 11 is 0. The van der Waals surface area contributed by atoms with E-state index < -0.39 is 38.1 Å². The Morgan fingerprint density at radius 1 is 0.868 bits per heavy atom. The predicted molar refractivity (Wildman–Crippen MR) is 133 cm³/mol. The van der Waals surface area contributed by atoms with Crippen LogP contribution in [0.2, 0.25) is 0 Å². The predicted octanol–water partition coefficient (Wildman–Crippen LogP) is 4.71. The highest BCUT2D eigenvalue weighted by molar-refractivity contribution is 7.92. The molecule has 5 rings (SSSR count). The normalized spacial score (nSPS) is 11.4. The Kier molecular flexibility index (Phi) is 6.20. The average Bonchev–Trinajstić information content (AvgIpc) is 3.22. The number of nitrogens with one attached hydrogen (secondary N) is 1. The monoisotopic (exact) mass is 538 g/mol. The molecule has 0 spiro atoms. The van der Waals surface area contributed by atoms with E-state index in [0.29, 0.717) is 10.3 Å². The molecule has 0 amide bonds. The maximum Gasteiger partial charge on any atom is 0.267 e. The van der Waals surface area contributed by atoms with E-state index in [2.05, 4.69) is 15.0 Å². The number of nitrogens with zero attached hydrogens (tertiary/aromatic N) is 4. The van der Waals surface area contributed by atoms with Gasteiger partial charge in [-0.25, -0.2) is 36.5 Å². The van der Waals surface area contributed by atoms with Crippen LogP contribution in [0.1, 0.15) is 0 Å². The minimum absolute atomic E-state index is 0.0339. The van der Waals surface area contributed by atoms with Crippen molar-refractivity contribution in [3.8, 4) is 34.0 Å². The number of imidazole rings is 1. The summed E-state index contributed by atoms with van der Waals surface area (Å²) in [6, 6.07) is 16.2. The average molecular weight is 539 g/mol. The van der Waals surface area contributed by atoms with Gasteiger partial charge in [0, 0.05) is 17.3 Å². The van der Waals surface area contributed by atoms with Crippen LogP contribution in [-0.2, 0) is 10.0 Å². The third-order valence-corrected chi connectivity index (χ3v) is 6.91. The summed E-state index contributed by atoms with van der Waals surface area (Å²) in [5.41, 5.74) is 5.28. The molecular formula is C25H17F3N6O3S. The number of sulfonamides is 1. The summed E-state index contributed by atoms with van der Waals surface area (Å²) < 4.78 is 72.3. The van der Waals surface area contributed by atoms with E-state index in [-0.39, 0.29) is 34.4 Å². The topological polar surface area (TPSA) is 136 Å². The third-order valence-electron chi connectivity index (χ3n) is 5.49. The molecule has 38 heavy (non-hydrogen) atoms. The van der Waals surface area contributed by atoms with Gasteiger partial charge in [0.2, 0.25) is 5.95 Å². The highest BCUT2D eigenvalue weighted by Gasteiger charge is 2.28. The molecule has 0 atom stereocenters. The second-order valence-electron chi connectivity index (χ2n) is 7.93. The Balaban J connectivity index is 1.68. The summed E-state index contributed by atoms with van der Waals surface area (Å²) in [6.07, 6.45) is 1.33. The molecule has 0 aliphatic heterocycles. The Bertz CT molecular complexity index is 1760. The molecule has 0 unspecified atom stereocenters. The quantitative estimate of drug-likeness (QED) is 0.266. The van der Waals surface area contributed by atoms with E-state index in [1.807, 2.05) is 4.72 Å². The first kappa shape index (κ1) is 24.8. The summed E-state index contributed by atoms with van der Waals surface area (Å²) in [6.45, 7) is 0. The minimum Gasteiger partial charge on any atom is -0.426 e. The second-order valence-corrected chi connectivity index (χ2v) is 9.55. The van der Waals surface area contributed by atoms with Gasteiger partial charge in [0.05, 0.1) is 11.4 Å². The summed E-state index contributed by atoms with van der Waals surface area (Å²) in [5, 5.41) is 11.1. The Morgan fingerprint density at radius 2 is 1.55 bits per heavy atom. The van der Waals surface area contributed by atoms with Crippen molar-refractivity contribution in [3.63, 3.8) is 0 Å². The van der Waals surface area contributed by atoms with Crippen molar-refractivity contribution in [2.24, 2.45) is 0 Å². The molecule has 0 saturated heterocycles. The van der Waals surface area contributed by atoms with Crippen LogP contribution in [0.4, 0.5) is 24.8 Å². The summed E-state index contributed by atoms with van der Waals surface area (Å²) in [7, 11) is -4.86. The molecule has 2 aromatic heterocycles. The van der Waals surface area contributed by atoms with Crippen LogP contribution in [0, 0.1) is 17.5 Å². The fourth-order valence-corrected chi connectivity index (χ4v) is 5.04. The van der Waals surface area contributed by atoms with Gasteiger partial charge in [-0.05, 0) is 30.3 Å². The number of hydrogen-bond donors (Lipinski definition) is 3. The lowest BCUT2D eigenvalue weighted by Gasteiger charge is -2.12. The fraction of sp³-hybridized carbons (Fsp3) is 0. The van der Waals surface area contributed by atoms with Gasteiger partial charge in [-0.2, -0.15) is 4.73 Å². The molecule has 4 N–H and O–H groups in total. The number of halogens is 3. The number of nitrogen functional groups attached to an aromatic ring is 1. The van der Waals surface area contributed by atoms with E-state index in [1.54, 1.807) is 30.3 Å². The SMILES string of the molecule is Nc1nccc(-c2c(-c3cccc(NS(=O)(=O)c4c(F)cccc4F)c3F)nc(-c3ccccc3)n2O)n1. The number of hydrogen-bond acceptors (Lipinski definition) is 7. The van der Waals surface area contributed by atoms with Crippen LogP contribution in [-0.4, -0.2) is 33.3 Å². The lowest BCUT2D eigenvalue weighted by Crippen LogP contribution is -2.17. The van der Waals surface area contributed by atoms with Crippen molar-refractivity contribution < 1.29 is 26.8 Å². The van der Waals surface area contributed by atoms with Crippen LogP contribution in [0.3, 0.4) is 0 Å². The molecule has 13 heteroatoms. The van der Waals surface area contributed by atoms with Gasteiger partial charge < -0.3 is 10.9 Å². The second kappa shape index (κ2) is 9.52. The molecule has 0 aliphatic carbocycles. The summed E-state index contributed by atoms with van der Waals surface area (Å²) in [4.78, 5) is 11.1. The first-order valence-corrected chi connectivity index (χ1v) is 12.4. The highest BCUT2D eigenvalue weighted by atomic mass is 32.2. The van der Waals surface area contributed by atoms with Gasteiger partial charge in [-0.3, -0.25) is 4.72 Å². The molecule has 0 saturated carbocycles. The van der Waals surface area contributed by atoms with Gasteiger partial charge in [-0.1, -0.05) is 42.5 Å². The van der Waals surface area contributed by atoms with E-state index in [0.717, 1.165) is 24.3 Å². The molecule has 2 heterocycles. The number of nitrogens with two attached hydrogens (primary N) is 1. The highest BCUT2D eigenvalue weighted by Crippen LogP contribution is 2.37. The molecule has 0 fully saturated rings.